The number of carbonyl (C=O) groups is 1. The van der Waals surface area contributed by atoms with Gasteiger partial charge in [-0.1, -0.05) is 11.6 Å². The van der Waals surface area contributed by atoms with Crippen molar-refractivity contribution in [3.63, 3.8) is 0 Å². The summed E-state index contributed by atoms with van der Waals surface area (Å²) in [6, 6.07) is 1.96. The molecule has 122 valence electrons. The van der Waals surface area contributed by atoms with Crippen LogP contribution in [0.25, 0.3) is 0 Å². The highest BCUT2D eigenvalue weighted by Crippen LogP contribution is 2.25. The Kier molecular flexibility index (Phi) is 6.46. The Labute approximate surface area is 137 Å². The molecule has 2 rings (SSSR count). The van der Waals surface area contributed by atoms with E-state index in [1.165, 1.54) is 0 Å². The van der Waals surface area contributed by atoms with Crippen molar-refractivity contribution in [1.29, 1.82) is 0 Å². The van der Waals surface area contributed by atoms with E-state index in [2.05, 4.69) is 14.8 Å². The third-order valence-corrected chi connectivity index (χ3v) is 4.45. The third-order valence-electron chi connectivity index (χ3n) is 4.16. The van der Waals surface area contributed by atoms with Crippen LogP contribution in [0.3, 0.4) is 0 Å². The molecule has 0 unspecified atom stereocenters. The van der Waals surface area contributed by atoms with Crippen molar-refractivity contribution in [1.82, 2.24) is 14.8 Å². The first-order valence-corrected chi connectivity index (χ1v) is 8.38. The Balaban J connectivity index is 1.93. The van der Waals surface area contributed by atoms with Gasteiger partial charge in [0.25, 0.3) is 0 Å². The van der Waals surface area contributed by atoms with Gasteiger partial charge in [0, 0.05) is 51.7 Å². The van der Waals surface area contributed by atoms with Crippen molar-refractivity contribution in [3.8, 4) is 0 Å². The number of hydrogen-bond donors (Lipinski definition) is 0. The number of hydrogen-bond acceptors (Lipinski definition) is 4. The van der Waals surface area contributed by atoms with Gasteiger partial charge in [-0.2, -0.15) is 0 Å². The van der Waals surface area contributed by atoms with Crippen LogP contribution in [0, 0.1) is 0 Å². The zero-order chi connectivity index (χ0) is 15.9. The molecule has 0 saturated carbocycles. The SMILES string of the molecule is CCN(CC)C(=O)CN1CCCN(c2ccncc2Cl)CC1. The molecule has 0 N–H and O–H groups in total. The monoisotopic (exact) mass is 324 g/mol. The predicted molar refractivity (Wildman–Crippen MR) is 90.4 cm³/mol. The Morgan fingerprint density at radius 2 is 2.05 bits per heavy atom. The van der Waals surface area contributed by atoms with Gasteiger partial charge in [0.1, 0.15) is 0 Å². The topological polar surface area (TPSA) is 39.7 Å². The molecule has 0 spiro atoms. The number of anilines is 1. The first-order valence-electron chi connectivity index (χ1n) is 8.00. The fourth-order valence-electron chi connectivity index (χ4n) is 2.86. The molecule has 6 heteroatoms. The van der Waals surface area contributed by atoms with E-state index in [4.69, 9.17) is 11.6 Å². The average molecular weight is 325 g/mol. The number of nitrogens with zero attached hydrogens (tertiary/aromatic N) is 4. The molecule has 1 aromatic rings. The summed E-state index contributed by atoms with van der Waals surface area (Å²) in [6.45, 7) is 9.80. The molecule has 0 radical (unpaired) electrons. The third kappa shape index (κ3) is 4.34. The molecule has 5 nitrogen and oxygen atoms in total. The number of aromatic nitrogens is 1. The summed E-state index contributed by atoms with van der Waals surface area (Å²) in [7, 11) is 0. The summed E-state index contributed by atoms with van der Waals surface area (Å²) in [5, 5.41) is 0.690. The normalized spacial score (nSPS) is 16.4. The zero-order valence-corrected chi connectivity index (χ0v) is 14.2. The fourth-order valence-corrected chi connectivity index (χ4v) is 3.10. The lowest BCUT2D eigenvalue weighted by Gasteiger charge is -2.26. The van der Waals surface area contributed by atoms with Crippen molar-refractivity contribution in [2.24, 2.45) is 0 Å². The lowest BCUT2D eigenvalue weighted by Crippen LogP contribution is -2.41. The Morgan fingerprint density at radius 1 is 1.27 bits per heavy atom. The van der Waals surface area contributed by atoms with Gasteiger partial charge < -0.3 is 9.80 Å². The van der Waals surface area contributed by atoms with Gasteiger partial charge in [0.15, 0.2) is 0 Å². The standard InChI is InChI=1S/C16H25ClN4O/c1-3-20(4-2)16(22)13-19-8-5-9-21(11-10-19)15-6-7-18-12-14(15)17/h6-7,12H,3-5,8-11,13H2,1-2H3. The van der Waals surface area contributed by atoms with Crippen molar-refractivity contribution in [2.75, 3.05) is 50.7 Å². The molecule has 1 fully saturated rings. The van der Waals surface area contributed by atoms with Gasteiger partial charge >= 0.3 is 0 Å². The van der Waals surface area contributed by atoms with E-state index in [1.54, 1.807) is 12.4 Å². The van der Waals surface area contributed by atoms with Gasteiger partial charge in [0.05, 0.1) is 17.3 Å². The molecule has 0 bridgehead atoms. The van der Waals surface area contributed by atoms with Gasteiger partial charge in [-0.25, -0.2) is 0 Å². The fraction of sp³-hybridized carbons (Fsp3) is 0.625. The molecule has 1 aliphatic rings. The number of carbonyl (C=O) groups excluding carboxylic acids is 1. The minimum absolute atomic E-state index is 0.223. The lowest BCUT2D eigenvalue weighted by molar-refractivity contribution is -0.132. The van der Waals surface area contributed by atoms with Gasteiger partial charge in [-0.15, -0.1) is 0 Å². The van der Waals surface area contributed by atoms with Crippen molar-refractivity contribution < 1.29 is 4.79 Å². The highest BCUT2D eigenvalue weighted by Gasteiger charge is 2.20. The van der Waals surface area contributed by atoms with Gasteiger partial charge in [-0.05, 0) is 26.3 Å². The van der Waals surface area contributed by atoms with Crippen molar-refractivity contribution >= 4 is 23.2 Å². The number of halogens is 1. The van der Waals surface area contributed by atoms with Crippen LogP contribution in [0.2, 0.25) is 5.02 Å². The molecule has 22 heavy (non-hydrogen) atoms. The van der Waals surface area contributed by atoms with E-state index in [1.807, 2.05) is 24.8 Å². The maximum Gasteiger partial charge on any atom is 0.236 e. The van der Waals surface area contributed by atoms with Crippen LogP contribution in [0.1, 0.15) is 20.3 Å². The largest absolute Gasteiger partial charge is 0.369 e. The Bertz CT molecular complexity index is 493. The van der Waals surface area contributed by atoms with Crippen LogP contribution in [-0.4, -0.2) is 66.5 Å². The first-order chi connectivity index (χ1) is 10.7. The highest BCUT2D eigenvalue weighted by molar-refractivity contribution is 6.33. The molecule has 1 amide bonds. The van der Waals surface area contributed by atoms with Crippen molar-refractivity contribution in [2.45, 2.75) is 20.3 Å². The average Bonchev–Trinajstić information content (AvgIpc) is 2.74. The Hall–Kier alpha value is -1.33. The summed E-state index contributed by atoms with van der Waals surface area (Å²) < 4.78 is 0. The first kappa shape index (κ1) is 17.0. The number of likely N-dealkylation sites (N-methyl/N-ethyl adjacent to an activating group) is 1. The number of pyridine rings is 1. The van der Waals surface area contributed by atoms with E-state index in [-0.39, 0.29) is 5.91 Å². The maximum atomic E-state index is 12.2. The van der Waals surface area contributed by atoms with Crippen LogP contribution < -0.4 is 4.90 Å². The zero-order valence-electron chi connectivity index (χ0n) is 13.5. The lowest BCUT2D eigenvalue weighted by atomic mass is 10.3. The van der Waals surface area contributed by atoms with E-state index < -0.39 is 0 Å². The second kappa shape index (κ2) is 8.34. The van der Waals surface area contributed by atoms with E-state index in [0.29, 0.717) is 11.6 Å². The minimum atomic E-state index is 0.223. The maximum absolute atomic E-state index is 12.2. The van der Waals surface area contributed by atoms with Crippen LogP contribution in [0.4, 0.5) is 5.69 Å². The molecule has 1 saturated heterocycles. The predicted octanol–water partition coefficient (Wildman–Crippen LogP) is 2.12. The molecule has 1 aromatic heterocycles. The van der Waals surface area contributed by atoms with Crippen LogP contribution >= 0.6 is 11.6 Å². The molecule has 1 aliphatic heterocycles. The van der Waals surface area contributed by atoms with Crippen LogP contribution in [-0.2, 0) is 4.79 Å². The number of rotatable bonds is 5. The van der Waals surface area contributed by atoms with Gasteiger partial charge in [0.2, 0.25) is 5.91 Å². The second-order valence-electron chi connectivity index (χ2n) is 5.51. The molecule has 0 aromatic carbocycles. The number of amides is 1. The summed E-state index contributed by atoms with van der Waals surface area (Å²) >= 11 is 6.23. The molecule has 2 heterocycles. The van der Waals surface area contributed by atoms with E-state index in [9.17, 15) is 4.79 Å². The molecule has 0 aliphatic carbocycles. The van der Waals surface area contributed by atoms with E-state index >= 15 is 0 Å². The summed E-state index contributed by atoms with van der Waals surface area (Å²) in [6.07, 6.45) is 4.49. The summed E-state index contributed by atoms with van der Waals surface area (Å²) in [5.74, 6) is 0.223. The summed E-state index contributed by atoms with van der Waals surface area (Å²) in [4.78, 5) is 22.7. The van der Waals surface area contributed by atoms with E-state index in [0.717, 1.165) is 51.4 Å². The van der Waals surface area contributed by atoms with Crippen molar-refractivity contribution in [3.05, 3.63) is 23.5 Å². The minimum Gasteiger partial charge on any atom is -0.369 e. The van der Waals surface area contributed by atoms with Crippen LogP contribution in [0.15, 0.2) is 18.5 Å². The quantitative estimate of drug-likeness (QED) is 0.831. The Morgan fingerprint density at radius 3 is 2.73 bits per heavy atom. The highest BCUT2D eigenvalue weighted by atomic mass is 35.5. The molecule has 0 atom stereocenters. The smallest absolute Gasteiger partial charge is 0.236 e. The van der Waals surface area contributed by atoms with Crippen LogP contribution in [0.5, 0.6) is 0 Å². The summed E-state index contributed by atoms with van der Waals surface area (Å²) in [5.41, 5.74) is 1.04. The molecular formula is C16H25ClN4O. The second-order valence-corrected chi connectivity index (χ2v) is 5.92. The van der Waals surface area contributed by atoms with Gasteiger partial charge in [-0.3, -0.25) is 14.7 Å². The molecular weight excluding hydrogens is 300 g/mol.